The molecule has 0 spiro atoms. The highest BCUT2D eigenvalue weighted by molar-refractivity contribution is 5.73. The van der Waals surface area contributed by atoms with Gasteiger partial charge in [0.25, 0.3) is 0 Å². The first-order valence-corrected chi connectivity index (χ1v) is 8.03. The molecule has 0 aliphatic carbocycles. The maximum atomic E-state index is 12.0. The van der Waals surface area contributed by atoms with Crippen LogP contribution in [-0.2, 0) is 16.0 Å². The first kappa shape index (κ1) is 18.2. The third-order valence-electron chi connectivity index (χ3n) is 3.62. The molecule has 0 aromatic heterocycles. The second-order valence-corrected chi connectivity index (χ2v) is 5.91. The molecule has 1 rings (SSSR count). The summed E-state index contributed by atoms with van der Waals surface area (Å²) in [6.07, 6.45) is 3.28. The Hall–Kier alpha value is -1.84. The van der Waals surface area contributed by atoms with Crippen molar-refractivity contribution in [2.24, 2.45) is 5.92 Å². The van der Waals surface area contributed by atoms with Crippen LogP contribution in [0.15, 0.2) is 30.3 Å². The predicted molar refractivity (Wildman–Crippen MR) is 87.8 cm³/mol. The molecule has 2 unspecified atom stereocenters. The molecule has 22 heavy (non-hydrogen) atoms. The normalized spacial score (nSPS) is 13.5. The lowest BCUT2D eigenvalue weighted by atomic mass is 9.99. The van der Waals surface area contributed by atoms with E-state index in [4.69, 9.17) is 4.74 Å². The summed E-state index contributed by atoms with van der Waals surface area (Å²) in [5.74, 6) is 0.205. The number of rotatable bonds is 9. The maximum absolute atomic E-state index is 12.0. The van der Waals surface area contributed by atoms with Crippen molar-refractivity contribution in [3.05, 3.63) is 35.9 Å². The number of alkyl carbamates (subject to hydrolysis) is 1. The average molecular weight is 305 g/mol. The highest BCUT2D eigenvalue weighted by Gasteiger charge is 2.20. The summed E-state index contributed by atoms with van der Waals surface area (Å²) < 4.78 is 5.52. The summed E-state index contributed by atoms with van der Waals surface area (Å²) in [5.41, 5.74) is 1.13. The van der Waals surface area contributed by atoms with E-state index >= 15 is 0 Å². The molecule has 4 nitrogen and oxygen atoms in total. The van der Waals surface area contributed by atoms with Gasteiger partial charge in [0.2, 0.25) is 0 Å². The van der Waals surface area contributed by atoms with E-state index in [-0.39, 0.29) is 12.0 Å². The van der Waals surface area contributed by atoms with Gasteiger partial charge in [-0.25, -0.2) is 4.79 Å². The van der Waals surface area contributed by atoms with Crippen LogP contribution in [0.2, 0.25) is 0 Å². The van der Waals surface area contributed by atoms with Crippen molar-refractivity contribution < 1.29 is 14.3 Å². The van der Waals surface area contributed by atoms with Gasteiger partial charge in [0.1, 0.15) is 12.4 Å². The van der Waals surface area contributed by atoms with Gasteiger partial charge in [-0.3, -0.25) is 0 Å². The molecule has 1 aromatic rings. The van der Waals surface area contributed by atoms with Gasteiger partial charge in [0, 0.05) is 6.42 Å². The number of hydrogen-bond donors (Lipinski definition) is 1. The van der Waals surface area contributed by atoms with Crippen molar-refractivity contribution in [2.75, 3.05) is 0 Å². The number of aldehydes is 1. The first-order chi connectivity index (χ1) is 10.6. The van der Waals surface area contributed by atoms with E-state index in [0.29, 0.717) is 12.8 Å². The molecule has 2 atom stereocenters. The lowest BCUT2D eigenvalue weighted by molar-refractivity contribution is -0.109. The molecule has 0 aliphatic heterocycles. The van der Waals surface area contributed by atoms with E-state index in [9.17, 15) is 9.59 Å². The van der Waals surface area contributed by atoms with E-state index in [2.05, 4.69) is 12.2 Å². The lowest BCUT2D eigenvalue weighted by Crippen LogP contribution is -2.39. The van der Waals surface area contributed by atoms with Crippen molar-refractivity contribution in [1.29, 1.82) is 0 Å². The molecular formula is C18H27NO3. The second kappa shape index (κ2) is 9.98. The van der Waals surface area contributed by atoms with E-state index in [1.54, 1.807) is 0 Å². The molecule has 122 valence electrons. The van der Waals surface area contributed by atoms with Gasteiger partial charge in [-0.15, -0.1) is 0 Å². The summed E-state index contributed by atoms with van der Waals surface area (Å²) in [7, 11) is 0. The van der Waals surface area contributed by atoms with E-state index in [1.807, 2.05) is 44.2 Å². The fourth-order valence-electron chi connectivity index (χ4n) is 2.18. The molecule has 0 saturated heterocycles. The van der Waals surface area contributed by atoms with Gasteiger partial charge in [-0.2, -0.15) is 0 Å². The summed E-state index contributed by atoms with van der Waals surface area (Å²) >= 11 is 0. The fourth-order valence-corrected chi connectivity index (χ4v) is 2.18. The summed E-state index contributed by atoms with van der Waals surface area (Å²) in [4.78, 5) is 23.0. The Labute approximate surface area is 133 Å². The van der Waals surface area contributed by atoms with Crippen LogP contribution in [0.4, 0.5) is 4.79 Å². The number of benzene rings is 1. The highest BCUT2D eigenvalue weighted by Crippen LogP contribution is 2.14. The van der Waals surface area contributed by atoms with E-state index in [0.717, 1.165) is 24.7 Å². The van der Waals surface area contributed by atoms with Gasteiger partial charge >= 0.3 is 6.09 Å². The Balaban J connectivity index is 2.55. The molecule has 1 aromatic carbocycles. The molecule has 1 amide bonds. The number of hydrogen-bond acceptors (Lipinski definition) is 3. The maximum Gasteiger partial charge on any atom is 0.408 e. The minimum absolute atomic E-state index is 0.205. The van der Waals surface area contributed by atoms with Crippen molar-refractivity contribution in [3.63, 3.8) is 0 Å². The summed E-state index contributed by atoms with van der Waals surface area (Å²) in [5, 5.41) is 2.64. The zero-order valence-electron chi connectivity index (χ0n) is 13.7. The number of nitrogens with one attached hydrogen (secondary N) is 1. The molecule has 0 fully saturated rings. The van der Waals surface area contributed by atoms with E-state index < -0.39 is 12.1 Å². The Morgan fingerprint density at radius 1 is 1.27 bits per heavy atom. The van der Waals surface area contributed by atoms with E-state index in [1.165, 1.54) is 0 Å². The number of unbranched alkanes of at least 4 members (excludes halogenated alkanes) is 1. The number of amides is 1. The van der Waals surface area contributed by atoms with Gasteiger partial charge < -0.3 is 14.8 Å². The third-order valence-corrected chi connectivity index (χ3v) is 3.62. The number of carbonyl (C=O) groups excluding carboxylic acids is 2. The van der Waals surface area contributed by atoms with Crippen molar-refractivity contribution in [2.45, 2.75) is 58.6 Å². The number of carbonyl (C=O) groups is 2. The van der Waals surface area contributed by atoms with Gasteiger partial charge in [0.05, 0.1) is 6.04 Å². The second-order valence-electron chi connectivity index (χ2n) is 5.91. The zero-order chi connectivity index (χ0) is 16.4. The van der Waals surface area contributed by atoms with Crippen LogP contribution in [0.3, 0.4) is 0 Å². The summed E-state index contributed by atoms with van der Waals surface area (Å²) in [6.45, 7) is 6.10. The minimum Gasteiger partial charge on any atom is -0.446 e. The molecule has 1 N–H and O–H groups in total. The van der Waals surface area contributed by atoms with Crippen LogP contribution in [0, 0.1) is 5.92 Å². The van der Waals surface area contributed by atoms with Crippen LogP contribution in [0.5, 0.6) is 0 Å². The Morgan fingerprint density at radius 2 is 1.95 bits per heavy atom. The predicted octanol–water partition coefficient (Wildman–Crippen LogP) is 3.74. The molecule has 0 saturated carbocycles. The largest absolute Gasteiger partial charge is 0.446 e. The molecule has 4 heteroatoms. The Morgan fingerprint density at radius 3 is 2.50 bits per heavy atom. The SMILES string of the molecule is CCCCC(C=O)NC(=O)OC(Cc1ccccc1)C(C)C. The monoisotopic (exact) mass is 305 g/mol. The quantitative estimate of drug-likeness (QED) is 0.707. The van der Waals surface area contributed by atoms with Crippen molar-refractivity contribution in [1.82, 2.24) is 5.32 Å². The van der Waals surface area contributed by atoms with Crippen LogP contribution < -0.4 is 5.32 Å². The standard InChI is InChI=1S/C18H27NO3/c1-4-5-11-16(13-20)19-18(21)22-17(14(2)3)12-15-9-7-6-8-10-15/h6-10,13-14,16-17H,4-5,11-12H2,1-3H3,(H,19,21). The summed E-state index contributed by atoms with van der Waals surface area (Å²) in [6, 6.07) is 9.49. The smallest absolute Gasteiger partial charge is 0.408 e. The Bertz CT molecular complexity index is 445. The lowest BCUT2D eigenvalue weighted by Gasteiger charge is -2.23. The van der Waals surface area contributed by atoms with Gasteiger partial charge in [-0.05, 0) is 17.9 Å². The van der Waals surface area contributed by atoms with Crippen molar-refractivity contribution >= 4 is 12.4 Å². The third kappa shape index (κ3) is 6.74. The minimum atomic E-state index is -0.511. The topological polar surface area (TPSA) is 55.4 Å². The van der Waals surface area contributed by atoms with Gasteiger partial charge in [-0.1, -0.05) is 63.9 Å². The molecule has 0 heterocycles. The average Bonchev–Trinajstić information content (AvgIpc) is 2.51. The molecule has 0 radical (unpaired) electrons. The molecule has 0 aliphatic rings. The highest BCUT2D eigenvalue weighted by atomic mass is 16.6. The van der Waals surface area contributed by atoms with Crippen LogP contribution >= 0.6 is 0 Å². The van der Waals surface area contributed by atoms with Crippen LogP contribution in [0.25, 0.3) is 0 Å². The first-order valence-electron chi connectivity index (χ1n) is 8.03. The molecule has 0 bridgehead atoms. The van der Waals surface area contributed by atoms with Crippen molar-refractivity contribution in [3.8, 4) is 0 Å². The number of ether oxygens (including phenoxy) is 1. The van der Waals surface area contributed by atoms with Gasteiger partial charge in [0.15, 0.2) is 0 Å². The van der Waals surface area contributed by atoms with Crippen LogP contribution in [-0.4, -0.2) is 24.5 Å². The molecular weight excluding hydrogens is 278 g/mol. The van der Waals surface area contributed by atoms with Crippen LogP contribution in [0.1, 0.15) is 45.6 Å². The fraction of sp³-hybridized carbons (Fsp3) is 0.556. The Kier molecular flexibility index (Phi) is 8.26. The zero-order valence-corrected chi connectivity index (χ0v) is 13.7.